The first-order valence-corrected chi connectivity index (χ1v) is 6.36. The van der Waals surface area contributed by atoms with Crippen molar-refractivity contribution in [1.29, 1.82) is 0 Å². The van der Waals surface area contributed by atoms with Gasteiger partial charge in [-0.25, -0.2) is 4.79 Å². The predicted molar refractivity (Wildman–Crippen MR) is 81.4 cm³/mol. The number of hydrogen-bond acceptors (Lipinski definition) is 4. The number of carbonyl (C=O) groups is 2. The summed E-state index contributed by atoms with van der Waals surface area (Å²) < 4.78 is 4.70. The lowest BCUT2D eigenvalue weighted by molar-refractivity contribution is 0.0597. The zero-order chi connectivity index (χ0) is 15.4. The number of ether oxygens (including phenoxy) is 1. The van der Waals surface area contributed by atoms with Gasteiger partial charge in [-0.3, -0.25) is 4.79 Å². The zero-order valence-corrected chi connectivity index (χ0v) is 11.9. The molecule has 0 unspecified atom stereocenters. The van der Waals surface area contributed by atoms with Crippen LogP contribution in [0.15, 0.2) is 48.5 Å². The summed E-state index contributed by atoms with van der Waals surface area (Å²) in [5.74, 6) is -0.952. The van der Waals surface area contributed by atoms with Gasteiger partial charge in [-0.05, 0) is 24.3 Å². The number of nitrogen functional groups attached to an aromatic ring is 1. The molecule has 0 aliphatic carbocycles. The van der Waals surface area contributed by atoms with E-state index in [2.05, 4.69) is 0 Å². The molecule has 0 atom stereocenters. The molecule has 2 aromatic rings. The van der Waals surface area contributed by atoms with Gasteiger partial charge in [0.2, 0.25) is 0 Å². The van der Waals surface area contributed by atoms with Gasteiger partial charge in [-0.1, -0.05) is 24.3 Å². The first kappa shape index (κ1) is 14.6. The van der Waals surface area contributed by atoms with Gasteiger partial charge in [0.1, 0.15) is 0 Å². The van der Waals surface area contributed by atoms with Crippen LogP contribution in [0.5, 0.6) is 0 Å². The number of amides is 1. The topological polar surface area (TPSA) is 72.6 Å². The Labute approximate surface area is 122 Å². The van der Waals surface area contributed by atoms with Crippen LogP contribution in [-0.4, -0.2) is 26.0 Å². The van der Waals surface area contributed by atoms with Crippen LogP contribution in [0, 0.1) is 0 Å². The molecule has 0 saturated heterocycles. The van der Waals surface area contributed by atoms with Crippen molar-refractivity contribution in [2.75, 3.05) is 24.8 Å². The van der Waals surface area contributed by atoms with Crippen LogP contribution in [0.1, 0.15) is 20.7 Å². The summed E-state index contributed by atoms with van der Waals surface area (Å²) in [6, 6.07) is 13.8. The summed E-state index contributed by atoms with van der Waals surface area (Å²) in [5, 5.41) is 0. The predicted octanol–water partition coefficient (Wildman–Crippen LogP) is 2.33. The van der Waals surface area contributed by atoms with Crippen LogP contribution in [0.25, 0.3) is 0 Å². The second-order valence-electron chi connectivity index (χ2n) is 4.46. The standard InChI is InChI=1S/C16H16N2O3/c1-18(11-7-4-3-5-8-11)15(19)14-12(16(20)21-2)9-6-10-13(14)17/h3-10H,17H2,1-2H3. The number of anilines is 2. The molecule has 0 saturated carbocycles. The Bertz CT molecular complexity index is 668. The van der Waals surface area contributed by atoms with Crippen molar-refractivity contribution in [3.05, 3.63) is 59.7 Å². The Kier molecular flexibility index (Phi) is 4.23. The lowest BCUT2D eigenvalue weighted by Gasteiger charge is -2.19. The molecule has 108 valence electrons. The molecule has 0 spiro atoms. The van der Waals surface area contributed by atoms with Gasteiger partial charge >= 0.3 is 5.97 Å². The third kappa shape index (κ3) is 2.86. The Morgan fingerprint density at radius 1 is 1.05 bits per heavy atom. The van der Waals surface area contributed by atoms with Crippen LogP contribution in [0.3, 0.4) is 0 Å². The van der Waals surface area contributed by atoms with Crippen LogP contribution >= 0.6 is 0 Å². The highest BCUT2D eigenvalue weighted by Gasteiger charge is 2.23. The van der Waals surface area contributed by atoms with Gasteiger partial charge in [-0.2, -0.15) is 0 Å². The smallest absolute Gasteiger partial charge is 0.338 e. The van der Waals surface area contributed by atoms with Crippen molar-refractivity contribution >= 4 is 23.3 Å². The Morgan fingerprint density at radius 3 is 2.33 bits per heavy atom. The van der Waals surface area contributed by atoms with Crippen molar-refractivity contribution in [2.45, 2.75) is 0 Å². The molecular formula is C16H16N2O3. The van der Waals surface area contributed by atoms with Gasteiger partial charge < -0.3 is 15.4 Å². The van der Waals surface area contributed by atoms with Crippen LogP contribution in [-0.2, 0) is 4.74 Å². The van der Waals surface area contributed by atoms with Crippen LogP contribution in [0.2, 0.25) is 0 Å². The van der Waals surface area contributed by atoms with Crippen molar-refractivity contribution < 1.29 is 14.3 Å². The molecule has 0 aromatic heterocycles. The number of hydrogen-bond donors (Lipinski definition) is 1. The fraction of sp³-hybridized carbons (Fsp3) is 0.125. The van der Waals surface area contributed by atoms with E-state index in [0.29, 0.717) is 5.69 Å². The van der Waals surface area contributed by atoms with E-state index in [0.717, 1.165) is 0 Å². The third-order valence-corrected chi connectivity index (χ3v) is 3.16. The van der Waals surface area contributed by atoms with Gasteiger partial charge in [0.15, 0.2) is 0 Å². The largest absolute Gasteiger partial charge is 0.465 e. The van der Waals surface area contributed by atoms with Gasteiger partial charge in [0.05, 0.1) is 18.2 Å². The van der Waals surface area contributed by atoms with Crippen LogP contribution < -0.4 is 10.6 Å². The number of para-hydroxylation sites is 1. The average molecular weight is 284 g/mol. The summed E-state index contributed by atoms with van der Waals surface area (Å²) >= 11 is 0. The van der Waals surface area contributed by atoms with Gasteiger partial charge in [0, 0.05) is 18.4 Å². The number of methoxy groups -OCH3 is 1. The molecule has 2 aromatic carbocycles. The SMILES string of the molecule is COC(=O)c1cccc(N)c1C(=O)N(C)c1ccccc1. The van der Waals surface area contributed by atoms with Gasteiger partial charge in [-0.15, -0.1) is 0 Å². The minimum Gasteiger partial charge on any atom is -0.465 e. The molecular weight excluding hydrogens is 268 g/mol. The summed E-state index contributed by atoms with van der Waals surface area (Å²) in [4.78, 5) is 25.9. The van der Waals surface area contributed by atoms with E-state index in [1.165, 1.54) is 18.1 Å². The van der Waals surface area contributed by atoms with E-state index in [1.807, 2.05) is 18.2 Å². The molecule has 0 radical (unpaired) electrons. The van der Waals surface area contributed by atoms with Crippen molar-refractivity contribution in [3.63, 3.8) is 0 Å². The first-order valence-electron chi connectivity index (χ1n) is 6.36. The van der Waals surface area contributed by atoms with Crippen LogP contribution in [0.4, 0.5) is 11.4 Å². The minimum absolute atomic E-state index is 0.149. The zero-order valence-electron chi connectivity index (χ0n) is 11.9. The fourth-order valence-electron chi connectivity index (χ4n) is 2.03. The second-order valence-corrected chi connectivity index (χ2v) is 4.46. The molecule has 0 bridgehead atoms. The lowest BCUT2D eigenvalue weighted by Crippen LogP contribution is -2.29. The maximum Gasteiger partial charge on any atom is 0.338 e. The van der Waals surface area contributed by atoms with E-state index in [9.17, 15) is 9.59 Å². The highest BCUT2D eigenvalue weighted by atomic mass is 16.5. The molecule has 0 heterocycles. The van der Waals surface area contributed by atoms with E-state index < -0.39 is 5.97 Å². The monoisotopic (exact) mass is 284 g/mol. The molecule has 0 aliphatic rings. The summed E-state index contributed by atoms with van der Waals surface area (Å²) in [7, 11) is 2.89. The maximum absolute atomic E-state index is 12.6. The maximum atomic E-state index is 12.6. The molecule has 2 N–H and O–H groups in total. The number of nitrogens with two attached hydrogens (primary N) is 1. The minimum atomic E-state index is -0.591. The van der Waals surface area contributed by atoms with E-state index in [-0.39, 0.29) is 22.7 Å². The number of carbonyl (C=O) groups excluding carboxylic acids is 2. The molecule has 1 amide bonds. The highest BCUT2D eigenvalue weighted by molar-refractivity contribution is 6.15. The molecule has 0 fully saturated rings. The van der Waals surface area contributed by atoms with Crippen molar-refractivity contribution in [3.8, 4) is 0 Å². The number of benzene rings is 2. The molecule has 0 aliphatic heterocycles. The first-order chi connectivity index (χ1) is 10.1. The molecule has 21 heavy (non-hydrogen) atoms. The Balaban J connectivity index is 2.46. The second kappa shape index (κ2) is 6.09. The quantitative estimate of drug-likeness (QED) is 0.693. The third-order valence-electron chi connectivity index (χ3n) is 3.16. The normalized spacial score (nSPS) is 10.0. The van der Waals surface area contributed by atoms with E-state index in [1.54, 1.807) is 31.3 Å². The number of nitrogens with zero attached hydrogens (tertiary/aromatic N) is 1. The summed E-state index contributed by atoms with van der Waals surface area (Å²) in [6.07, 6.45) is 0. The molecule has 5 nitrogen and oxygen atoms in total. The summed E-state index contributed by atoms with van der Waals surface area (Å²) in [5.41, 5.74) is 7.13. The average Bonchev–Trinajstić information content (AvgIpc) is 2.53. The van der Waals surface area contributed by atoms with E-state index >= 15 is 0 Å². The molecule has 2 rings (SSSR count). The number of rotatable bonds is 3. The van der Waals surface area contributed by atoms with Crippen molar-refractivity contribution in [2.24, 2.45) is 0 Å². The summed E-state index contributed by atoms with van der Waals surface area (Å²) in [6.45, 7) is 0. The van der Waals surface area contributed by atoms with Gasteiger partial charge in [0.25, 0.3) is 5.91 Å². The van der Waals surface area contributed by atoms with E-state index in [4.69, 9.17) is 10.5 Å². The Morgan fingerprint density at radius 2 is 1.71 bits per heavy atom. The van der Waals surface area contributed by atoms with Crippen molar-refractivity contribution in [1.82, 2.24) is 0 Å². The fourth-order valence-corrected chi connectivity index (χ4v) is 2.03. The molecule has 5 heteroatoms. The highest BCUT2D eigenvalue weighted by Crippen LogP contribution is 2.22. The Hall–Kier alpha value is -2.82. The lowest BCUT2D eigenvalue weighted by atomic mass is 10.0. The number of esters is 1.